The van der Waals surface area contributed by atoms with Gasteiger partial charge in [-0.05, 0) is 37.0 Å². The average Bonchev–Trinajstić information content (AvgIpc) is 2.66. The van der Waals surface area contributed by atoms with Crippen molar-refractivity contribution < 1.29 is 4.74 Å². The van der Waals surface area contributed by atoms with E-state index in [1.54, 1.807) is 0 Å². The average molecular weight is 152 g/mol. The van der Waals surface area contributed by atoms with Crippen molar-refractivity contribution in [2.24, 2.45) is 11.3 Å². The van der Waals surface area contributed by atoms with Gasteiger partial charge in [-0.2, -0.15) is 0 Å². The number of hydrogen-bond acceptors (Lipinski definition) is 1. The highest BCUT2D eigenvalue weighted by Gasteiger charge is 2.67. The Morgan fingerprint density at radius 1 is 1.55 bits per heavy atom. The first-order valence-electron chi connectivity index (χ1n) is 5.01. The third-order valence-electron chi connectivity index (χ3n) is 4.02. The van der Waals surface area contributed by atoms with E-state index in [4.69, 9.17) is 4.74 Å². The molecule has 3 fully saturated rings. The van der Waals surface area contributed by atoms with Crippen LogP contribution in [-0.2, 0) is 4.74 Å². The van der Waals surface area contributed by atoms with Gasteiger partial charge in [0.25, 0.3) is 0 Å². The molecule has 0 radical (unpaired) electrons. The summed E-state index contributed by atoms with van der Waals surface area (Å²) in [5.74, 6) is 0.964. The molecule has 2 bridgehead atoms. The Hall–Kier alpha value is -0.0400. The largest absolute Gasteiger partial charge is 0.369 e. The summed E-state index contributed by atoms with van der Waals surface area (Å²) in [4.78, 5) is 0. The second-order valence-corrected chi connectivity index (χ2v) is 4.64. The standard InChI is InChI=1S/C10H16O/c1-2-4-10-5-3-7(6-10)8-9(10)11-8/h7-9H,2-6H2,1H3. The maximum Gasteiger partial charge on any atom is 0.0900 e. The minimum atomic E-state index is 0.671. The van der Waals surface area contributed by atoms with Gasteiger partial charge in [0.15, 0.2) is 0 Å². The van der Waals surface area contributed by atoms with E-state index in [-0.39, 0.29) is 0 Å². The molecule has 62 valence electrons. The second-order valence-electron chi connectivity index (χ2n) is 4.64. The minimum absolute atomic E-state index is 0.671. The first kappa shape index (κ1) is 6.47. The first-order chi connectivity index (χ1) is 5.36. The van der Waals surface area contributed by atoms with Crippen LogP contribution >= 0.6 is 0 Å². The summed E-state index contributed by atoms with van der Waals surface area (Å²) in [6, 6.07) is 0. The summed E-state index contributed by atoms with van der Waals surface area (Å²) >= 11 is 0. The zero-order valence-electron chi connectivity index (χ0n) is 7.18. The molecule has 0 aromatic rings. The number of ether oxygens (including phenoxy) is 1. The maximum absolute atomic E-state index is 5.70. The lowest BCUT2D eigenvalue weighted by molar-refractivity contribution is 0.164. The summed E-state index contributed by atoms with van der Waals surface area (Å²) in [6.45, 7) is 2.30. The normalized spacial score (nSPS) is 58.1. The molecular weight excluding hydrogens is 136 g/mol. The van der Waals surface area contributed by atoms with Crippen LogP contribution in [-0.4, -0.2) is 12.2 Å². The lowest BCUT2D eigenvalue weighted by Gasteiger charge is -2.24. The van der Waals surface area contributed by atoms with Gasteiger partial charge in [0.05, 0.1) is 12.2 Å². The molecule has 3 aliphatic rings. The summed E-state index contributed by atoms with van der Waals surface area (Å²) in [5.41, 5.74) is 0.671. The molecule has 11 heavy (non-hydrogen) atoms. The molecule has 0 aromatic carbocycles. The van der Waals surface area contributed by atoms with Crippen LogP contribution in [0.15, 0.2) is 0 Å². The predicted molar refractivity (Wildman–Crippen MR) is 43.3 cm³/mol. The summed E-state index contributed by atoms with van der Waals surface area (Å²) in [7, 11) is 0. The molecule has 0 amide bonds. The molecule has 1 aliphatic heterocycles. The monoisotopic (exact) mass is 152 g/mol. The van der Waals surface area contributed by atoms with E-state index in [0.717, 1.165) is 12.0 Å². The molecule has 1 nitrogen and oxygen atoms in total. The molecular formula is C10H16O. The molecule has 1 saturated heterocycles. The van der Waals surface area contributed by atoms with Gasteiger partial charge in [0, 0.05) is 0 Å². The highest BCUT2D eigenvalue weighted by Crippen LogP contribution is 2.65. The first-order valence-corrected chi connectivity index (χ1v) is 5.01. The van der Waals surface area contributed by atoms with Crippen molar-refractivity contribution in [2.75, 3.05) is 0 Å². The quantitative estimate of drug-likeness (QED) is 0.553. The summed E-state index contributed by atoms with van der Waals surface area (Å²) < 4.78 is 5.70. The Balaban J connectivity index is 1.86. The highest BCUT2D eigenvalue weighted by atomic mass is 16.6. The summed E-state index contributed by atoms with van der Waals surface area (Å²) in [5, 5.41) is 0. The molecule has 0 N–H and O–H groups in total. The van der Waals surface area contributed by atoms with E-state index in [1.807, 2.05) is 0 Å². The number of epoxide rings is 1. The third kappa shape index (κ3) is 0.658. The van der Waals surface area contributed by atoms with E-state index in [2.05, 4.69) is 6.92 Å². The van der Waals surface area contributed by atoms with Crippen LogP contribution in [0.1, 0.15) is 39.0 Å². The smallest absolute Gasteiger partial charge is 0.0900 e. The van der Waals surface area contributed by atoms with E-state index < -0.39 is 0 Å². The third-order valence-corrected chi connectivity index (χ3v) is 4.02. The Bertz CT molecular complexity index is 189. The number of fused-ring (bicyclic) bond motifs is 5. The molecule has 1 heteroatoms. The van der Waals surface area contributed by atoms with Crippen LogP contribution in [0, 0.1) is 11.3 Å². The highest BCUT2D eigenvalue weighted by molar-refractivity contribution is 5.15. The van der Waals surface area contributed by atoms with E-state index >= 15 is 0 Å². The van der Waals surface area contributed by atoms with Gasteiger partial charge in [0.2, 0.25) is 0 Å². The van der Waals surface area contributed by atoms with Gasteiger partial charge >= 0.3 is 0 Å². The Kier molecular flexibility index (Phi) is 1.07. The SMILES string of the molecule is CCCC12CCC(C1)C1OC12. The van der Waals surface area contributed by atoms with E-state index in [0.29, 0.717) is 11.5 Å². The van der Waals surface area contributed by atoms with Crippen molar-refractivity contribution in [2.45, 2.75) is 51.2 Å². The van der Waals surface area contributed by atoms with Crippen molar-refractivity contribution in [3.63, 3.8) is 0 Å². The van der Waals surface area contributed by atoms with E-state index in [1.165, 1.54) is 32.1 Å². The molecule has 3 rings (SSSR count). The molecule has 0 spiro atoms. The number of rotatable bonds is 2. The van der Waals surface area contributed by atoms with Gasteiger partial charge in [-0.15, -0.1) is 0 Å². The van der Waals surface area contributed by atoms with Crippen LogP contribution in [0.5, 0.6) is 0 Å². The lowest BCUT2D eigenvalue weighted by atomic mass is 9.80. The van der Waals surface area contributed by atoms with Gasteiger partial charge < -0.3 is 4.74 Å². The summed E-state index contributed by atoms with van der Waals surface area (Å²) in [6.07, 6.45) is 8.62. The Labute approximate surface area is 68.1 Å². The van der Waals surface area contributed by atoms with Crippen LogP contribution in [0.25, 0.3) is 0 Å². The Morgan fingerprint density at radius 2 is 2.45 bits per heavy atom. The van der Waals surface area contributed by atoms with Gasteiger partial charge in [-0.3, -0.25) is 0 Å². The molecule has 4 unspecified atom stereocenters. The molecule has 2 saturated carbocycles. The van der Waals surface area contributed by atoms with Crippen molar-refractivity contribution >= 4 is 0 Å². The fourth-order valence-electron chi connectivity index (χ4n) is 3.58. The Morgan fingerprint density at radius 3 is 3.09 bits per heavy atom. The second kappa shape index (κ2) is 1.82. The van der Waals surface area contributed by atoms with Crippen LogP contribution in [0.2, 0.25) is 0 Å². The molecule has 0 aromatic heterocycles. The fourth-order valence-corrected chi connectivity index (χ4v) is 3.58. The fraction of sp³-hybridized carbons (Fsp3) is 1.00. The predicted octanol–water partition coefficient (Wildman–Crippen LogP) is 2.35. The van der Waals surface area contributed by atoms with Crippen molar-refractivity contribution in [3.05, 3.63) is 0 Å². The maximum atomic E-state index is 5.70. The van der Waals surface area contributed by atoms with Crippen LogP contribution in [0.4, 0.5) is 0 Å². The molecule has 2 aliphatic carbocycles. The van der Waals surface area contributed by atoms with Crippen molar-refractivity contribution in [3.8, 4) is 0 Å². The number of hydrogen-bond donors (Lipinski definition) is 0. The van der Waals surface area contributed by atoms with Gasteiger partial charge in [-0.25, -0.2) is 0 Å². The minimum Gasteiger partial charge on any atom is -0.369 e. The van der Waals surface area contributed by atoms with Crippen molar-refractivity contribution in [1.29, 1.82) is 0 Å². The van der Waals surface area contributed by atoms with Crippen LogP contribution in [0.3, 0.4) is 0 Å². The molecule has 4 atom stereocenters. The van der Waals surface area contributed by atoms with Crippen LogP contribution < -0.4 is 0 Å². The van der Waals surface area contributed by atoms with Gasteiger partial charge in [-0.1, -0.05) is 13.3 Å². The zero-order chi connectivity index (χ0) is 7.47. The topological polar surface area (TPSA) is 12.5 Å². The van der Waals surface area contributed by atoms with Gasteiger partial charge in [0.1, 0.15) is 0 Å². The molecule has 1 heterocycles. The van der Waals surface area contributed by atoms with Crippen molar-refractivity contribution in [1.82, 2.24) is 0 Å². The zero-order valence-corrected chi connectivity index (χ0v) is 7.18. The van der Waals surface area contributed by atoms with E-state index in [9.17, 15) is 0 Å². The lowest BCUT2D eigenvalue weighted by Crippen LogP contribution is -2.22.